The molecule has 5 heteroatoms. The predicted molar refractivity (Wildman–Crippen MR) is 75.7 cm³/mol. The van der Waals surface area contributed by atoms with Gasteiger partial charge in [-0.3, -0.25) is 9.59 Å². The summed E-state index contributed by atoms with van der Waals surface area (Å²) < 4.78 is 0. The molecule has 0 aliphatic carbocycles. The molecule has 0 saturated heterocycles. The first-order chi connectivity index (χ1) is 8.65. The van der Waals surface area contributed by atoms with E-state index in [2.05, 4.69) is 26.1 Å². The molecule has 0 aliphatic heterocycles. The van der Waals surface area contributed by atoms with Gasteiger partial charge in [0, 0.05) is 19.5 Å². The summed E-state index contributed by atoms with van der Waals surface area (Å²) in [5, 5.41) is 11.5. The van der Waals surface area contributed by atoms with Crippen molar-refractivity contribution < 1.29 is 14.7 Å². The van der Waals surface area contributed by atoms with Crippen LogP contribution in [0.5, 0.6) is 0 Å². The van der Waals surface area contributed by atoms with Crippen LogP contribution < -0.4 is 11.1 Å². The molecule has 0 radical (unpaired) electrons. The predicted octanol–water partition coefficient (Wildman–Crippen LogP) is 1.61. The normalized spacial score (nSPS) is 14.8. The summed E-state index contributed by atoms with van der Waals surface area (Å²) >= 11 is 0. The molecule has 2 unspecified atom stereocenters. The highest BCUT2D eigenvalue weighted by Crippen LogP contribution is 2.24. The number of hydrogen-bond acceptors (Lipinski definition) is 3. The lowest BCUT2D eigenvalue weighted by molar-refractivity contribution is -0.137. The maximum absolute atomic E-state index is 12.0. The number of aliphatic carboxylic acids is 1. The van der Waals surface area contributed by atoms with Crippen molar-refractivity contribution in [1.29, 1.82) is 0 Å². The number of amides is 1. The number of carboxylic acid groups (broad SMARTS) is 1. The number of hydrogen-bond donors (Lipinski definition) is 3. The lowest BCUT2D eigenvalue weighted by Gasteiger charge is -2.24. The van der Waals surface area contributed by atoms with E-state index in [0.29, 0.717) is 19.5 Å². The van der Waals surface area contributed by atoms with Crippen molar-refractivity contribution in [3.8, 4) is 0 Å². The first kappa shape index (κ1) is 17.9. The fourth-order valence-corrected chi connectivity index (χ4v) is 1.91. The maximum Gasteiger partial charge on any atom is 0.303 e. The van der Waals surface area contributed by atoms with Gasteiger partial charge in [0.05, 0.1) is 5.92 Å². The zero-order chi connectivity index (χ0) is 15.1. The van der Waals surface area contributed by atoms with E-state index in [4.69, 9.17) is 10.8 Å². The Labute approximate surface area is 115 Å². The van der Waals surface area contributed by atoms with Gasteiger partial charge < -0.3 is 16.2 Å². The van der Waals surface area contributed by atoms with Gasteiger partial charge in [-0.1, -0.05) is 27.7 Å². The second-order valence-electron chi connectivity index (χ2n) is 6.48. The van der Waals surface area contributed by atoms with E-state index in [-0.39, 0.29) is 29.6 Å². The van der Waals surface area contributed by atoms with Gasteiger partial charge in [0.1, 0.15) is 0 Å². The van der Waals surface area contributed by atoms with Crippen LogP contribution in [0, 0.1) is 17.3 Å². The first-order valence-corrected chi connectivity index (χ1v) is 6.85. The maximum atomic E-state index is 12.0. The fourth-order valence-electron chi connectivity index (χ4n) is 1.91. The van der Waals surface area contributed by atoms with Crippen molar-refractivity contribution in [3.05, 3.63) is 0 Å². The van der Waals surface area contributed by atoms with Gasteiger partial charge in [-0.15, -0.1) is 0 Å². The topological polar surface area (TPSA) is 92.4 Å². The van der Waals surface area contributed by atoms with Crippen LogP contribution in [0.25, 0.3) is 0 Å². The Morgan fingerprint density at radius 1 is 1.32 bits per heavy atom. The van der Waals surface area contributed by atoms with E-state index in [1.165, 1.54) is 0 Å². The molecule has 0 saturated carbocycles. The molecule has 112 valence electrons. The molecule has 1 amide bonds. The van der Waals surface area contributed by atoms with Gasteiger partial charge in [0.15, 0.2) is 0 Å². The molecule has 0 heterocycles. The molecule has 0 bridgehead atoms. The van der Waals surface area contributed by atoms with Crippen LogP contribution in [0.15, 0.2) is 0 Å². The van der Waals surface area contributed by atoms with Crippen LogP contribution in [0.3, 0.4) is 0 Å². The summed E-state index contributed by atoms with van der Waals surface area (Å²) in [6.45, 7) is 9.03. The standard InChI is InChI=1S/C14H28N2O3/c1-10(5-6-12(17)18)9-16-13(19)11(8-15)7-14(2,3)4/h10-11H,5-9,15H2,1-4H3,(H,16,19)(H,17,18). The lowest BCUT2D eigenvalue weighted by Crippen LogP contribution is -2.39. The van der Waals surface area contributed by atoms with Crippen LogP contribution in [-0.4, -0.2) is 30.1 Å². The van der Waals surface area contributed by atoms with E-state index < -0.39 is 5.97 Å². The molecule has 0 aromatic heterocycles. The van der Waals surface area contributed by atoms with E-state index in [0.717, 1.165) is 6.42 Å². The molecule has 19 heavy (non-hydrogen) atoms. The van der Waals surface area contributed by atoms with Crippen molar-refractivity contribution in [3.63, 3.8) is 0 Å². The quantitative estimate of drug-likeness (QED) is 0.626. The van der Waals surface area contributed by atoms with Gasteiger partial charge >= 0.3 is 5.97 Å². The van der Waals surface area contributed by atoms with Gasteiger partial charge in [0.2, 0.25) is 5.91 Å². The second kappa shape index (κ2) is 8.15. The lowest BCUT2D eigenvalue weighted by atomic mass is 9.84. The summed E-state index contributed by atoms with van der Waals surface area (Å²) in [6, 6.07) is 0. The number of carbonyl (C=O) groups excluding carboxylic acids is 1. The largest absolute Gasteiger partial charge is 0.481 e. The Balaban J connectivity index is 4.10. The van der Waals surface area contributed by atoms with E-state index in [1.807, 2.05) is 6.92 Å². The zero-order valence-corrected chi connectivity index (χ0v) is 12.5. The van der Waals surface area contributed by atoms with Crippen molar-refractivity contribution in [1.82, 2.24) is 5.32 Å². The molecule has 2 atom stereocenters. The average Bonchev–Trinajstić information content (AvgIpc) is 2.29. The first-order valence-electron chi connectivity index (χ1n) is 6.85. The van der Waals surface area contributed by atoms with Gasteiger partial charge in [-0.25, -0.2) is 0 Å². The Kier molecular flexibility index (Phi) is 7.68. The summed E-state index contributed by atoms with van der Waals surface area (Å²) in [5.41, 5.74) is 5.71. The minimum Gasteiger partial charge on any atom is -0.481 e. The summed E-state index contributed by atoms with van der Waals surface area (Å²) in [6.07, 6.45) is 1.46. The van der Waals surface area contributed by atoms with Crippen LogP contribution in [0.1, 0.15) is 47.0 Å². The summed E-state index contributed by atoms with van der Waals surface area (Å²) in [7, 11) is 0. The molecular weight excluding hydrogens is 244 g/mol. The van der Waals surface area contributed by atoms with Gasteiger partial charge in [-0.2, -0.15) is 0 Å². The van der Waals surface area contributed by atoms with Crippen molar-refractivity contribution in [2.75, 3.05) is 13.1 Å². The van der Waals surface area contributed by atoms with E-state index >= 15 is 0 Å². The number of nitrogens with one attached hydrogen (secondary N) is 1. The van der Waals surface area contributed by atoms with E-state index in [1.54, 1.807) is 0 Å². The number of nitrogens with two attached hydrogens (primary N) is 1. The van der Waals surface area contributed by atoms with Crippen LogP contribution in [0.4, 0.5) is 0 Å². The van der Waals surface area contributed by atoms with Crippen molar-refractivity contribution in [2.45, 2.75) is 47.0 Å². The highest BCUT2D eigenvalue weighted by molar-refractivity contribution is 5.78. The molecule has 5 nitrogen and oxygen atoms in total. The molecule has 0 aromatic carbocycles. The number of rotatable bonds is 8. The third-order valence-corrected chi connectivity index (χ3v) is 2.99. The smallest absolute Gasteiger partial charge is 0.303 e. The fraction of sp³-hybridized carbons (Fsp3) is 0.857. The Morgan fingerprint density at radius 2 is 1.89 bits per heavy atom. The minimum absolute atomic E-state index is 0.0281. The van der Waals surface area contributed by atoms with Crippen molar-refractivity contribution >= 4 is 11.9 Å². The Morgan fingerprint density at radius 3 is 2.32 bits per heavy atom. The molecule has 4 N–H and O–H groups in total. The third kappa shape index (κ3) is 9.47. The molecule has 0 spiro atoms. The Bertz CT molecular complexity index is 298. The van der Waals surface area contributed by atoms with Gasteiger partial charge in [-0.05, 0) is 24.2 Å². The SMILES string of the molecule is CC(CCC(=O)O)CNC(=O)C(CN)CC(C)(C)C. The van der Waals surface area contributed by atoms with Crippen LogP contribution in [-0.2, 0) is 9.59 Å². The van der Waals surface area contributed by atoms with Crippen molar-refractivity contribution in [2.24, 2.45) is 23.0 Å². The third-order valence-electron chi connectivity index (χ3n) is 2.99. The van der Waals surface area contributed by atoms with E-state index in [9.17, 15) is 9.59 Å². The zero-order valence-electron chi connectivity index (χ0n) is 12.5. The molecule has 0 aliphatic rings. The summed E-state index contributed by atoms with van der Waals surface area (Å²) in [5.74, 6) is -0.842. The number of carbonyl (C=O) groups is 2. The highest BCUT2D eigenvalue weighted by Gasteiger charge is 2.23. The average molecular weight is 272 g/mol. The molecule has 0 aromatic rings. The second-order valence-corrected chi connectivity index (χ2v) is 6.48. The molecule has 0 fully saturated rings. The Hall–Kier alpha value is -1.10. The monoisotopic (exact) mass is 272 g/mol. The highest BCUT2D eigenvalue weighted by atomic mass is 16.4. The summed E-state index contributed by atoms with van der Waals surface area (Å²) in [4.78, 5) is 22.4. The van der Waals surface area contributed by atoms with Crippen LogP contribution in [0.2, 0.25) is 0 Å². The minimum atomic E-state index is -0.800. The number of carboxylic acids is 1. The molecular formula is C14H28N2O3. The van der Waals surface area contributed by atoms with Crippen LogP contribution >= 0.6 is 0 Å². The molecule has 0 rings (SSSR count). The van der Waals surface area contributed by atoms with Gasteiger partial charge in [0.25, 0.3) is 0 Å².